The first-order valence-electron chi connectivity index (χ1n) is 8.28. The van der Waals surface area contributed by atoms with E-state index < -0.39 is 35.5 Å². The summed E-state index contributed by atoms with van der Waals surface area (Å²) < 4.78 is 24.3. The number of benzene rings is 1. The lowest BCUT2D eigenvalue weighted by Gasteiger charge is -2.29. The number of anilines is 1. The van der Waals surface area contributed by atoms with Crippen LogP contribution in [0.2, 0.25) is 0 Å². The molecule has 1 aromatic rings. The van der Waals surface area contributed by atoms with Crippen LogP contribution >= 0.6 is 0 Å². The maximum Gasteiger partial charge on any atom is 0.407 e. The van der Waals surface area contributed by atoms with Gasteiger partial charge in [0.25, 0.3) is 6.04 Å². The SMILES string of the molecule is CCOC(=O)NCC(O)C(c1ccc(N2CCOCC2)c(F)c1)[N+](=O)[O-]. The van der Waals surface area contributed by atoms with Gasteiger partial charge >= 0.3 is 6.09 Å². The number of amides is 1. The largest absolute Gasteiger partial charge is 0.450 e. The summed E-state index contributed by atoms with van der Waals surface area (Å²) in [6.07, 6.45) is -2.33. The number of nitro groups is 1. The lowest BCUT2D eigenvalue weighted by molar-refractivity contribution is -0.540. The minimum absolute atomic E-state index is 0.0164. The molecule has 2 atom stereocenters. The molecule has 2 N–H and O–H groups in total. The zero-order valence-electron chi connectivity index (χ0n) is 14.4. The molecule has 0 bridgehead atoms. The molecule has 0 spiro atoms. The highest BCUT2D eigenvalue weighted by atomic mass is 19.1. The van der Waals surface area contributed by atoms with Gasteiger partial charge in [-0.1, -0.05) is 0 Å². The maximum absolute atomic E-state index is 14.5. The number of carbonyl (C=O) groups excluding carboxylic acids is 1. The molecule has 0 radical (unpaired) electrons. The van der Waals surface area contributed by atoms with Crippen molar-refractivity contribution in [1.82, 2.24) is 5.32 Å². The zero-order chi connectivity index (χ0) is 19.1. The smallest absolute Gasteiger partial charge is 0.407 e. The number of aliphatic hydroxyl groups is 1. The van der Waals surface area contributed by atoms with Crippen LogP contribution in [0.25, 0.3) is 0 Å². The van der Waals surface area contributed by atoms with E-state index >= 15 is 0 Å². The molecular weight excluding hydrogens is 349 g/mol. The number of carbonyl (C=O) groups is 1. The Bertz CT molecular complexity index is 638. The molecule has 9 nitrogen and oxygen atoms in total. The number of aliphatic hydroxyl groups excluding tert-OH is 1. The lowest BCUT2D eigenvalue weighted by atomic mass is 10.0. The Morgan fingerprint density at radius 2 is 2.19 bits per heavy atom. The molecule has 1 aliphatic heterocycles. The van der Waals surface area contributed by atoms with Crippen molar-refractivity contribution in [2.75, 3.05) is 44.4 Å². The molecule has 1 saturated heterocycles. The average Bonchev–Trinajstić information content (AvgIpc) is 2.61. The molecule has 0 saturated carbocycles. The Morgan fingerprint density at radius 1 is 1.50 bits per heavy atom. The van der Waals surface area contributed by atoms with Crippen molar-refractivity contribution >= 4 is 11.8 Å². The third kappa shape index (κ3) is 5.02. The quantitative estimate of drug-likeness (QED) is 0.545. The zero-order valence-corrected chi connectivity index (χ0v) is 14.4. The van der Waals surface area contributed by atoms with Gasteiger partial charge in [-0.15, -0.1) is 0 Å². The Balaban J connectivity index is 2.12. The molecule has 0 aromatic heterocycles. The average molecular weight is 371 g/mol. The second kappa shape index (κ2) is 9.30. The molecule has 26 heavy (non-hydrogen) atoms. The number of hydrogen-bond donors (Lipinski definition) is 2. The van der Waals surface area contributed by atoms with Crippen molar-refractivity contribution in [3.63, 3.8) is 0 Å². The van der Waals surface area contributed by atoms with Crippen molar-refractivity contribution < 1.29 is 28.7 Å². The van der Waals surface area contributed by atoms with Crippen LogP contribution in [0.4, 0.5) is 14.9 Å². The van der Waals surface area contributed by atoms with Gasteiger partial charge in [-0.3, -0.25) is 10.1 Å². The summed E-state index contributed by atoms with van der Waals surface area (Å²) >= 11 is 0. The first kappa shape index (κ1) is 19.9. The Labute approximate surface area is 149 Å². The molecule has 144 valence electrons. The Kier molecular flexibility index (Phi) is 7.10. The molecule has 1 amide bonds. The van der Waals surface area contributed by atoms with Gasteiger partial charge in [0.1, 0.15) is 11.9 Å². The number of alkyl carbamates (subject to hydrolysis) is 1. The minimum Gasteiger partial charge on any atom is -0.450 e. The van der Waals surface area contributed by atoms with E-state index in [9.17, 15) is 24.4 Å². The van der Waals surface area contributed by atoms with Crippen LogP contribution in [-0.4, -0.2) is 61.7 Å². The second-order valence-corrected chi connectivity index (χ2v) is 5.71. The van der Waals surface area contributed by atoms with Gasteiger partial charge in [0, 0.05) is 23.6 Å². The third-order valence-electron chi connectivity index (χ3n) is 3.99. The summed E-state index contributed by atoms with van der Waals surface area (Å²) in [6.45, 7) is 3.37. The molecule has 1 aromatic carbocycles. The highest BCUT2D eigenvalue weighted by Crippen LogP contribution is 2.27. The number of ether oxygens (including phenoxy) is 2. The molecule has 1 fully saturated rings. The first-order valence-corrected chi connectivity index (χ1v) is 8.28. The topological polar surface area (TPSA) is 114 Å². The number of hydrogen-bond acceptors (Lipinski definition) is 7. The number of halogens is 1. The molecular formula is C16H22FN3O6. The van der Waals surface area contributed by atoms with Crippen molar-refractivity contribution in [3.8, 4) is 0 Å². The fourth-order valence-corrected chi connectivity index (χ4v) is 2.73. The van der Waals surface area contributed by atoms with Gasteiger partial charge in [0.15, 0.2) is 0 Å². The predicted octanol–water partition coefficient (Wildman–Crippen LogP) is 1.09. The van der Waals surface area contributed by atoms with Gasteiger partial charge in [-0.2, -0.15) is 0 Å². The predicted molar refractivity (Wildman–Crippen MR) is 90.2 cm³/mol. The van der Waals surface area contributed by atoms with E-state index in [1.54, 1.807) is 11.8 Å². The standard InChI is InChI=1S/C16H22FN3O6/c1-2-26-16(22)18-10-14(21)15(20(23)24)11-3-4-13(12(17)9-11)19-5-7-25-8-6-19/h3-4,9,14-15,21H,2,5-8,10H2,1H3,(H,18,22). The molecule has 1 heterocycles. The number of nitrogens with one attached hydrogen (secondary N) is 1. The molecule has 1 aliphatic rings. The second-order valence-electron chi connectivity index (χ2n) is 5.71. The van der Waals surface area contributed by atoms with Gasteiger partial charge in [-0.05, 0) is 25.1 Å². The summed E-state index contributed by atoms with van der Waals surface area (Å²) in [4.78, 5) is 23.7. The monoisotopic (exact) mass is 371 g/mol. The van der Waals surface area contributed by atoms with Gasteiger partial charge in [0.2, 0.25) is 0 Å². The van der Waals surface area contributed by atoms with Crippen LogP contribution in [-0.2, 0) is 9.47 Å². The Morgan fingerprint density at radius 3 is 2.77 bits per heavy atom. The van der Waals surface area contributed by atoms with Crippen molar-refractivity contribution in [2.24, 2.45) is 0 Å². The van der Waals surface area contributed by atoms with Crippen molar-refractivity contribution in [2.45, 2.75) is 19.1 Å². The number of nitrogens with zero attached hydrogens (tertiary/aromatic N) is 2. The fraction of sp³-hybridized carbons (Fsp3) is 0.562. The third-order valence-corrected chi connectivity index (χ3v) is 3.99. The van der Waals surface area contributed by atoms with Crippen LogP contribution in [0.5, 0.6) is 0 Å². The maximum atomic E-state index is 14.5. The van der Waals surface area contributed by atoms with Gasteiger partial charge in [-0.25, -0.2) is 9.18 Å². The minimum atomic E-state index is -1.58. The number of rotatable bonds is 7. The molecule has 10 heteroatoms. The summed E-state index contributed by atoms with van der Waals surface area (Å²) in [5, 5.41) is 23.7. The van der Waals surface area contributed by atoms with Crippen LogP contribution in [0.1, 0.15) is 18.5 Å². The van der Waals surface area contributed by atoms with E-state index in [1.165, 1.54) is 12.1 Å². The molecule has 2 unspecified atom stereocenters. The van der Waals surface area contributed by atoms with E-state index in [0.29, 0.717) is 32.0 Å². The first-order chi connectivity index (χ1) is 12.4. The Hall–Kier alpha value is -2.46. The highest BCUT2D eigenvalue weighted by Gasteiger charge is 2.33. The summed E-state index contributed by atoms with van der Waals surface area (Å²) in [5.74, 6) is -0.609. The number of morpholine rings is 1. The molecule has 0 aliphatic carbocycles. The summed E-state index contributed by atoms with van der Waals surface area (Å²) in [7, 11) is 0. The van der Waals surface area contributed by atoms with Gasteiger partial charge in [0.05, 0.1) is 32.1 Å². The van der Waals surface area contributed by atoms with Crippen molar-refractivity contribution in [3.05, 3.63) is 39.7 Å². The summed E-state index contributed by atoms with van der Waals surface area (Å²) in [6, 6.07) is 2.34. The molecule has 2 rings (SSSR count). The van der Waals surface area contributed by atoms with Crippen LogP contribution in [0.15, 0.2) is 18.2 Å². The highest BCUT2D eigenvalue weighted by molar-refractivity contribution is 5.67. The van der Waals surface area contributed by atoms with Gasteiger partial charge < -0.3 is 24.8 Å². The summed E-state index contributed by atoms with van der Waals surface area (Å²) in [5.41, 5.74) is 0.348. The fourth-order valence-electron chi connectivity index (χ4n) is 2.73. The van der Waals surface area contributed by atoms with E-state index in [2.05, 4.69) is 10.1 Å². The van der Waals surface area contributed by atoms with E-state index in [4.69, 9.17) is 4.74 Å². The van der Waals surface area contributed by atoms with Crippen LogP contribution in [0.3, 0.4) is 0 Å². The van der Waals surface area contributed by atoms with Crippen molar-refractivity contribution in [1.29, 1.82) is 0 Å². The van der Waals surface area contributed by atoms with Crippen LogP contribution < -0.4 is 10.2 Å². The lowest BCUT2D eigenvalue weighted by Crippen LogP contribution is -2.38. The van der Waals surface area contributed by atoms with E-state index in [0.717, 1.165) is 6.07 Å². The van der Waals surface area contributed by atoms with E-state index in [-0.39, 0.29) is 12.2 Å². The van der Waals surface area contributed by atoms with Crippen LogP contribution in [0, 0.1) is 15.9 Å². The van der Waals surface area contributed by atoms with E-state index in [1.807, 2.05) is 0 Å². The normalized spacial score (nSPS) is 16.7.